The van der Waals surface area contributed by atoms with E-state index in [2.05, 4.69) is 15.3 Å². The van der Waals surface area contributed by atoms with Crippen LogP contribution in [0.5, 0.6) is 0 Å². The average molecular weight is 302 g/mol. The number of hydrogen-bond acceptors (Lipinski definition) is 5. The lowest BCUT2D eigenvalue weighted by Crippen LogP contribution is -2.28. The first kappa shape index (κ1) is 13.7. The molecule has 2 aromatic rings. The van der Waals surface area contributed by atoms with Gasteiger partial charge in [-0.05, 0) is 12.1 Å². The molecule has 0 saturated carbocycles. The van der Waals surface area contributed by atoms with Gasteiger partial charge in [-0.25, -0.2) is 4.98 Å². The minimum absolute atomic E-state index is 0.0139. The van der Waals surface area contributed by atoms with Gasteiger partial charge in [-0.15, -0.1) is 11.3 Å². The van der Waals surface area contributed by atoms with Crippen molar-refractivity contribution >= 4 is 28.3 Å². The molecule has 7 heteroatoms. The summed E-state index contributed by atoms with van der Waals surface area (Å²) in [6.07, 6.45) is 3.57. The highest BCUT2D eigenvalue weighted by atomic mass is 32.1. The molecule has 3 heterocycles. The van der Waals surface area contributed by atoms with Crippen molar-refractivity contribution in [1.82, 2.24) is 14.9 Å². The number of carbonyl (C=O) groups excluding carboxylic acids is 2. The molecule has 2 amide bonds. The van der Waals surface area contributed by atoms with Crippen LogP contribution in [0.25, 0.3) is 0 Å². The summed E-state index contributed by atoms with van der Waals surface area (Å²) >= 11 is 1.36. The molecule has 21 heavy (non-hydrogen) atoms. The van der Waals surface area contributed by atoms with Crippen molar-refractivity contribution in [2.45, 2.75) is 13.0 Å². The van der Waals surface area contributed by atoms with E-state index in [1.165, 1.54) is 11.3 Å². The largest absolute Gasteiger partial charge is 0.336 e. The summed E-state index contributed by atoms with van der Waals surface area (Å²) in [6, 6.07) is 5.59. The maximum Gasteiger partial charge on any atom is 0.231 e. The maximum atomic E-state index is 12.1. The number of nitrogens with one attached hydrogen (secondary N) is 1. The lowest BCUT2D eigenvalue weighted by atomic mass is 10.1. The van der Waals surface area contributed by atoms with Gasteiger partial charge in [-0.2, -0.15) is 0 Å². The third-order valence-corrected chi connectivity index (χ3v) is 4.02. The second-order valence-electron chi connectivity index (χ2n) is 4.82. The van der Waals surface area contributed by atoms with Crippen LogP contribution in [0, 0.1) is 5.92 Å². The van der Waals surface area contributed by atoms with Gasteiger partial charge in [0.15, 0.2) is 5.13 Å². The predicted octanol–water partition coefficient (Wildman–Crippen LogP) is 1.53. The Hall–Kier alpha value is -2.28. The van der Waals surface area contributed by atoms with E-state index in [0.29, 0.717) is 18.2 Å². The number of hydrogen-bond donors (Lipinski definition) is 1. The zero-order chi connectivity index (χ0) is 14.7. The fourth-order valence-corrected chi connectivity index (χ4v) is 2.81. The van der Waals surface area contributed by atoms with Crippen LogP contribution in [0.15, 0.2) is 36.0 Å². The first-order valence-corrected chi connectivity index (χ1v) is 7.48. The van der Waals surface area contributed by atoms with Gasteiger partial charge in [0.1, 0.15) is 0 Å². The molecule has 1 atom stereocenters. The number of amides is 2. The number of carbonyl (C=O) groups is 2. The molecular formula is C14H14N4O2S. The van der Waals surface area contributed by atoms with Crippen LogP contribution < -0.4 is 5.32 Å². The number of nitrogens with zero attached hydrogens (tertiary/aromatic N) is 3. The number of likely N-dealkylation sites (tertiary alicyclic amines) is 1. The zero-order valence-corrected chi connectivity index (χ0v) is 12.0. The summed E-state index contributed by atoms with van der Waals surface area (Å²) in [4.78, 5) is 34.0. The van der Waals surface area contributed by atoms with E-state index in [0.717, 1.165) is 5.69 Å². The van der Waals surface area contributed by atoms with Crippen LogP contribution in [0.2, 0.25) is 0 Å². The first-order valence-electron chi connectivity index (χ1n) is 6.60. The standard InChI is InChI=1S/C14H14N4O2S/c19-12-7-10(13(20)17-14-16-5-6-21-14)8-18(12)9-11-3-1-2-4-15-11/h1-6,10H,7-9H2,(H,16,17,20)/t10-/m1/s1. The normalized spacial score (nSPS) is 18.0. The highest BCUT2D eigenvalue weighted by Gasteiger charge is 2.34. The maximum absolute atomic E-state index is 12.1. The van der Waals surface area contributed by atoms with Crippen molar-refractivity contribution in [1.29, 1.82) is 0 Å². The van der Waals surface area contributed by atoms with Crippen molar-refractivity contribution < 1.29 is 9.59 Å². The van der Waals surface area contributed by atoms with Crippen molar-refractivity contribution in [2.24, 2.45) is 5.92 Å². The third-order valence-electron chi connectivity index (χ3n) is 3.33. The molecule has 0 bridgehead atoms. The lowest BCUT2D eigenvalue weighted by molar-refractivity contribution is -0.128. The second-order valence-corrected chi connectivity index (χ2v) is 5.72. The highest BCUT2D eigenvalue weighted by molar-refractivity contribution is 7.13. The molecule has 0 unspecified atom stereocenters. The third kappa shape index (κ3) is 3.25. The van der Waals surface area contributed by atoms with E-state index >= 15 is 0 Å². The fraction of sp³-hybridized carbons (Fsp3) is 0.286. The molecule has 1 saturated heterocycles. The highest BCUT2D eigenvalue weighted by Crippen LogP contribution is 2.22. The van der Waals surface area contributed by atoms with Gasteiger partial charge in [0.05, 0.1) is 18.2 Å². The van der Waals surface area contributed by atoms with Gasteiger partial charge < -0.3 is 10.2 Å². The van der Waals surface area contributed by atoms with Crippen LogP contribution in [0.1, 0.15) is 12.1 Å². The minimum Gasteiger partial charge on any atom is -0.336 e. The average Bonchev–Trinajstić information content (AvgIpc) is 3.11. The molecule has 6 nitrogen and oxygen atoms in total. The van der Waals surface area contributed by atoms with E-state index < -0.39 is 0 Å². The van der Waals surface area contributed by atoms with Crippen LogP contribution in [0.4, 0.5) is 5.13 Å². The fourth-order valence-electron chi connectivity index (χ4n) is 2.28. The summed E-state index contributed by atoms with van der Waals surface area (Å²) in [6.45, 7) is 0.868. The Bertz CT molecular complexity index is 630. The summed E-state index contributed by atoms with van der Waals surface area (Å²) in [5, 5.41) is 5.10. The Morgan fingerprint density at radius 3 is 3.00 bits per heavy atom. The van der Waals surface area contributed by atoms with E-state index in [-0.39, 0.29) is 24.2 Å². The molecule has 0 spiro atoms. The smallest absolute Gasteiger partial charge is 0.231 e. The SMILES string of the molecule is O=C(Nc1nccs1)[C@@H]1CC(=O)N(Cc2ccccn2)C1. The van der Waals surface area contributed by atoms with E-state index in [9.17, 15) is 9.59 Å². The van der Waals surface area contributed by atoms with Crippen LogP contribution in [-0.2, 0) is 16.1 Å². The topological polar surface area (TPSA) is 75.2 Å². The predicted molar refractivity (Wildman–Crippen MR) is 78.5 cm³/mol. The van der Waals surface area contributed by atoms with Crippen molar-refractivity contribution in [3.05, 3.63) is 41.7 Å². The van der Waals surface area contributed by atoms with Crippen LogP contribution in [0.3, 0.4) is 0 Å². The molecule has 3 rings (SSSR count). The quantitative estimate of drug-likeness (QED) is 0.929. The molecule has 0 aliphatic carbocycles. The Kier molecular flexibility index (Phi) is 3.92. The zero-order valence-electron chi connectivity index (χ0n) is 11.2. The lowest BCUT2D eigenvalue weighted by Gasteiger charge is -2.15. The second kappa shape index (κ2) is 6.01. The molecule has 108 valence electrons. The van der Waals surface area contributed by atoms with E-state index in [1.807, 2.05) is 18.2 Å². The van der Waals surface area contributed by atoms with E-state index in [4.69, 9.17) is 0 Å². The first-order chi connectivity index (χ1) is 10.2. The Morgan fingerprint density at radius 2 is 2.29 bits per heavy atom. The summed E-state index contributed by atoms with van der Waals surface area (Å²) in [5.41, 5.74) is 0.826. The summed E-state index contributed by atoms with van der Waals surface area (Å²) in [5.74, 6) is -0.494. The minimum atomic E-state index is -0.329. The number of aromatic nitrogens is 2. The summed E-state index contributed by atoms with van der Waals surface area (Å²) < 4.78 is 0. The molecule has 0 aromatic carbocycles. The Balaban J connectivity index is 1.60. The summed E-state index contributed by atoms with van der Waals surface area (Å²) in [7, 11) is 0. The van der Waals surface area contributed by atoms with Gasteiger partial charge in [0.2, 0.25) is 11.8 Å². The Morgan fingerprint density at radius 1 is 1.38 bits per heavy atom. The molecular weight excluding hydrogens is 288 g/mol. The molecule has 1 N–H and O–H groups in total. The number of rotatable bonds is 4. The monoisotopic (exact) mass is 302 g/mol. The molecule has 0 radical (unpaired) electrons. The number of pyridine rings is 1. The van der Waals surface area contributed by atoms with Gasteiger partial charge >= 0.3 is 0 Å². The molecule has 1 aliphatic heterocycles. The van der Waals surface area contributed by atoms with Gasteiger partial charge in [-0.1, -0.05) is 6.07 Å². The van der Waals surface area contributed by atoms with Gasteiger partial charge in [-0.3, -0.25) is 14.6 Å². The van der Waals surface area contributed by atoms with E-state index in [1.54, 1.807) is 22.7 Å². The molecule has 1 aliphatic rings. The van der Waals surface area contributed by atoms with Crippen LogP contribution >= 0.6 is 11.3 Å². The van der Waals surface area contributed by atoms with Crippen molar-refractivity contribution in [3.8, 4) is 0 Å². The Labute approximate surface area is 125 Å². The van der Waals surface area contributed by atoms with Gasteiger partial charge in [0.25, 0.3) is 0 Å². The van der Waals surface area contributed by atoms with Gasteiger partial charge in [0, 0.05) is 30.7 Å². The van der Waals surface area contributed by atoms with Crippen molar-refractivity contribution in [3.63, 3.8) is 0 Å². The van der Waals surface area contributed by atoms with Crippen molar-refractivity contribution in [2.75, 3.05) is 11.9 Å². The van der Waals surface area contributed by atoms with Crippen LogP contribution in [-0.4, -0.2) is 33.2 Å². The number of anilines is 1. The number of thiazole rings is 1. The molecule has 1 fully saturated rings. The molecule has 2 aromatic heterocycles.